The molecule has 2 aromatic heterocycles. The van der Waals surface area contributed by atoms with Gasteiger partial charge in [0.2, 0.25) is 5.78 Å². The minimum Gasteiger partial charge on any atom is -0.497 e. The molecule has 0 aliphatic carbocycles. The van der Waals surface area contributed by atoms with Crippen molar-refractivity contribution in [1.82, 2.24) is 9.88 Å². The lowest BCUT2D eigenvalue weighted by atomic mass is 9.73. The van der Waals surface area contributed by atoms with Gasteiger partial charge in [-0.1, -0.05) is 6.08 Å². The van der Waals surface area contributed by atoms with Gasteiger partial charge in [0.25, 0.3) is 0 Å². The number of hydrogen-bond donors (Lipinski definition) is 0. The predicted molar refractivity (Wildman–Crippen MR) is 126 cm³/mol. The fraction of sp³-hybridized carbons (Fsp3) is 0.333. The van der Waals surface area contributed by atoms with Crippen LogP contribution in [0.15, 0.2) is 78.3 Å². The Balaban J connectivity index is 1.50. The quantitative estimate of drug-likeness (QED) is 0.206. The molecule has 3 aliphatic rings. The SMILES string of the molecule is C=CC1CN2CCC1CC2C(O/C=C/C(=O)c1ccco1)c1ccnc2ccc(OC)cc12. The van der Waals surface area contributed by atoms with E-state index >= 15 is 0 Å². The summed E-state index contributed by atoms with van der Waals surface area (Å²) < 4.78 is 17.0. The van der Waals surface area contributed by atoms with Gasteiger partial charge < -0.3 is 13.9 Å². The molecule has 6 nitrogen and oxygen atoms in total. The van der Waals surface area contributed by atoms with Crippen molar-refractivity contribution in [2.45, 2.75) is 25.0 Å². The Hall–Kier alpha value is -3.38. The number of aromatic nitrogens is 1. The van der Waals surface area contributed by atoms with Crippen molar-refractivity contribution in [3.8, 4) is 5.75 Å². The summed E-state index contributed by atoms with van der Waals surface area (Å²) in [5, 5.41) is 0.996. The lowest BCUT2D eigenvalue weighted by Crippen LogP contribution is -2.55. The summed E-state index contributed by atoms with van der Waals surface area (Å²) in [7, 11) is 1.66. The zero-order valence-corrected chi connectivity index (χ0v) is 18.7. The number of ether oxygens (including phenoxy) is 2. The van der Waals surface area contributed by atoms with Crippen LogP contribution < -0.4 is 4.74 Å². The topological polar surface area (TPSA) is 64.8 Å². The third-order valence-corrected chi connectivity index (χ3v) is 7.00. The molecule has 0 amide bonds. The van der Waals surface area contributed by atoms with Crippen LogP contribution in [0, 0.1) is 11.8 Å². The van der Waals surface area contributed by atoms with Gasteiger partial charge in [-0.15, -0.1) is 6.58 Å². The molecule has 6 heteroatoms. The highest BCUT2D eigenvalue weighted by atomic mass is 16.5. The van der Waals surface area contributed by atoms with E-state index in [9.17, 15) is 4.79 Å². The summed E-state index contributed by atoms with van der Waals surface area (Å²) in [5.41, 5.74) is 1.93. The van der Waals surface area contributed by atoms with Gasteiger partial charge in [0.1, 0.15) is 11.9 Å². The molecular weight excluding hydrogens is 416 g/mol. The third kappa shape index (κ3) is 4.18. The molecule has 5 atom stereocenters. The van der Waals surface area contributed by atoms with E-state index in [4.69, 9.17) is 13.9 Å². The molecule has 6 rings (SSSR count). The first-order chi connectivity index (χ1) is 16.2. The molecule has 3 aromatic rings. The summed E-state index contributed by atoms with van der Waals surface area (Å²) in [6, 6.07) is 11.4. The number of piperidine rings is 3. The van der Waals surface area contributed by atoms with Gasteiger partial charge in [-0.25, -0.2) is 0 Å². The number of nitrogens with zero attached hydrogens (tertiary/aromatic N) is 2. The molecular formula is C27H28N2O4. The number of allylic oxidation sites excluding steroid dienone is 1. The predicted octanol–water partition coefficient (Wildman–Crippen LogP) is 5.19. The monoisotopic (exact) mass is 444 g/mol. The van der Waals surface area contributed by atoms with Crippen molar-refractivity contribution in [2.24, 2.45) is 11.8 Å². The van der Waals surface area contributed by atoms with Gasteiger partial charge >= 0.3 is 0 Å². The number of pyridine rings is 1. The minimum atomic E-state index is -0.253. The van der Waals surface area contributed by atoms with Crippen LogP contribution in [-0.2, 0) is 4.74 Å². The zero-order chi connectivity index (χ0) is 22.8. The Morgan fingerprint density at radius 1 is 1.33 bits per heavy atom. The smallest absolute Gasteiger partial charge is 0.224 e. The Bertz CT molecular complexity index is 1170. The molecule has 3 aliphatic heterocycles. The molecule has 5 unspecified atom stereocenters. The van der Waals surface area contributed by atoms with Crippen LogP contribution in [0.1, 0.15) is 35.1 Å². The number of methoxy groups -OCH3 is 1. The van der Waals surface area contributed by atoms with Crippen LogP contribution in [-0.4, -0.2) is 41.9 Å². The molecule has 2 bridgehead atoms. The van der Waals surface area contributed by atoms with Crippen molar-refractivity contribution in [2.75, 3.05) is 20.2 Å². The molecule has 0 radical (unpaired) electrons. The van der Waals surface area contributed by atoms with Crippen molar-refractivity contribution in [3.63, 3.8) is 0 Å². The van der Waals surface area contributed by atoms with Gasteiger partial charge in [0, 0.05) is 29.8 Å². The molecule has 3 fully saturated rings. The van der Waals surface area contributed by atoms with Crippen LogP contribution in [0.4, 0.5) is 0 Å². The van der Waals surface area contributed by atoms with E-state index in [1.165, 1.54) is 25.0 Å². The third-order valence-electron chi connectivity index (χ3n) is 7.00. The van der Waals surface area contributed by atoms with E-state index in [1.807, 2.05) is 30.5 Å². The number of hydrogen-bond acceptors (Lipinski definition) is 6. The fourth-order valence-electron chi connectivity index (χ4n) is 5.27. The van der Waals surface area contributed by atoms with Crippen molar-refractivity contribution >= 4 is 16.7 Å². The first kappa shape index (κ1) is 21.5. The summed E-state index contributed by atoms with van der Waals surface area (Å²) in [6.07, 6.45) is 10.3. The number of furan rings is 1. The van der Waals surface area contributed by atoms with E-state index in [2.05, 4.69) is 22.5 Å². The molecule has 170 valence electrons. The second-order valence-electron chi connectivity index (χ2n) is 8.73. The second kappa shape index (κ2) is 9.24. The van der Waals surface area contributed by atoms with Crippen molar-refractivity contribution in [1.29, 1.82) is 0 Å². The van der Waals surface area contributed by atoms with E-state index in [0.717, 1.165) is 41.7 Å². The number of rotatable bonds is 8. The number of fused-ring (bicyclic) bond motifs is 4. The fourth-order valence-corrected chi connectivity index (χ4v) is 5.27. The van der Waals surface area contributed by atoms with Gasteiger partial charge in [-0.05, 0) is 67.6 Å². The highest BCUT2D eigenvalue weighted by Gasteiger charge is 2.43. The maximum absolute atomic E-state index is 12.4. The molecule has 0 saturated carbocycles. The number of ketones is 1. The highest BCUT2D eigenvalue weighted by molar-refractivity contribution is 6.02. The minimum absolute atomic E-state index is 0.195. The van der Waals surface area contributed by atoms with Gasteiger partial charge in [0.15, 0.2) is 5.76 Å². The standard InChI is InChI=1S/C27H28N2O4/c1-3-18-17-29-12-9-19(18)15-24(29)27(33-14-10-25(30)26-5-4-13-32-26)21-8-11-28-23-7-6-20(31-2)16-22(21)23/h3-8,10-11,13-14,16,18-19,24,27H,1,9,12,15,17H2,2H3/b14-10+. The number of carbonyl (C=O) groups excluding carboxylic acids is 1. The zero-order valence-electron chi connectivity index (χ0n) is 18.7. The van der Waals surface area contributed by atoms with E-state index in [0.29, 0.717) is 17.6 Å². The van der Waals surface area contributed by atoms with E-state index in [-0.39, 0.29) is 17.9 Å². The molecule has 0 N–H and O–H groups in total. The van der Waals surface area contributed by atoms with Crippen LogP contribution in [0.3, 0.4) is 0 Å². The van der Waals surface area contributed by atoms with E-state index in [1.54, 1.807) is 19.2 Å². The highest BCUT2D eigenvalue weighted by Crippen LogP contribution is 2.43. The van der Waals surface area contributed by atoms with Gasteiger partial charge in [0.05, 0.1) is 31.2 Å². The van der Waals surface area contributed by atoms with Crippen molar-refractivity contribution < 1.29 is 18.7 Å². The normalized spacial score (nSPS) is 25.2. The molecule has 0 spiro atoms. The molecule has 33 heavy (non-hydrogen) atoms. The maximum atomic E-state index is 12.4. The van der Waals surface area contributed by atoms with Crippen molar-refractivity contribution in [3.05, 3.63) is 85.2 Å². The summed E-state index contributed by atoms with van der Waals surface area (Å²) in [6.45, 7) is 6.08. The van der Waals surface area contributed by atoms with Crippen LogP contribution in [0.5, 0.6) is 5.75 Å². The summed E-state index contributed by atoms with van der Waals surface area (Å²) in [4.78, 5) is 19.4. The second-order valence-corrected chi connectivity index (χ2v) is 8.73. The Labute approximate surface area is 193 Å². The Morgan fingerprint density at radius 3 is 2.97 bits per heavy atom. The Kier molecular flexibility index (Phi) is 6.01. The first-order valence-electron chi connectivity index (χ1n) is 11.4. The van der Waals surface area contributed by atoms with Crippen LogP contribution in [0.2, 0.25) is 0 Å². The molecule has 1 aromatic carbocycles. The average molecular weight is 445 g/mol. The molecule has 3 saturated heterocycles. The molecule has 5 heterocycles. The lowest BCUT2D eigenvalue weighted by molar-refractivity contribution is -0.0492. The Morgan fingerprint density at radius 2 is 2.24 bits per heavy atom. The van der Waals surface area contributed by atoms with Gasteiger partial charge in [-0.2, -0.15) is 0 Å². The lowest BCUT2D eigenvalue weighted by Gasteiger charge is -2.51. The van der Waals surface area contributed by atoms with Gasteiger partial charge in [-0.3, -0.25) is 14.7 Å². The number of benzene rings is 1. The van der Waals surface area contributed by atoms with E-state index < -0.39 is 0 Å². The summed E-state index contributed by atoms with van der Waals surface area (Å²) in [5.74, 6) is 1.95. The van der Waals surface area contributed by atoms with Crippen LogP contribution >= 0.6 is 0 Å². The number of carbonyl (C=O) groups is 1. The largest absolute Gasteiger partial charge is 0.497 e. The average Bonchev–Trinajstić information content (AvgIpc) is 3.41. The maximum Gasteiger partial charge on any atom is 0.224 e. The first-order valence-corrected chi connectivity index (χ1v) is 11.4. The van der Waals surface area contributed by atoms with Crippen LogP contribution in [0.25, 0.3) is 10.9 Å². The summed E-state index contributed by atoms with van der Waals surface area (Å²) >= 11 is 0.